The van der Waals surface area contributed by atoms with Crippen molar-refractivity contribution in [2.75, 3.05) is 5.32 Å². The van der Waals surface area contributed by atoms with Gasteiger partial charge in [0.1, 0.15) is 18.0 Å². The average Bonchev–Trinajstić information content (AvgIpc) is 3.28. The Kier molecular flexibility index (Phi) is 5.40. The highest BCUT2D eigenvalue weighted by Crippen LogP contribution is 2.34. The molecule has 0 atom stereocenters. The SMILES string of the molecule is Cc1nccn1Cn1c(C(F)(F)F)nc2c(C(=O)Nc3c(Cl)cccc3Cl)cccc21. The maximum atomic E-state index is 13.8. The van der Waals surface area contributed by atoms with Crippen LogP contribution in [0, 0.1) is 6.92 Å². The number of alkyl halides is 3. The topological polar surface area (TPSA) is 64.7 Å². The zero-order chi connectivity index (χ0) is 22.3. The van der Waals surface area contributed by atoms with Crippen LogP contribution in [0.2, 0.25) is 10.0 Å². The summed E-state index contributed by atoms with van der Waals surface area (Å²) in [5.41, 5.74) is 0.184. The van der Waals surface area contributed by atoms with Gasteiger partial charge >= 0.3 is 6.18 Å². The van der Waals surface area contributed by atoms with Crippen LogP contribution in [0.1, 0.15) is 22.0 Å². The van der Waals surface area contributed by atoms with Gasteiger partial charge in [-0.2, -0.15) is 13.2 Å². The summed E-state index contributed by atoms with van der Waals surface area (Å²) in [4.78, 5) is 20.7. The first-order chi connectivity index (χ1) is 14.7. The number of carbonyl (C=O) groups is 1. The third-order valence-electron chi connectivity index (χ3n) is 4.70. The molecule has 0 saturated heterocycles. The van der Waals surface area contributed by atoms with Crippen molar-refractivity contribution >= 4 is 45.8 Å². The lowest BCUT2D eigenvalue weighted by Crippen LogP contribution is -2.18. The summed E-state index contributed by atoms with van der Waals surface area (Å²) < 4.78 is 43.8. The summed E-state index contributed by atoms with van der Waals surface area (Å²) in [5.74, 6) is -1.26. The van der Waals surface area contributed by atoms with E-state index in [0.29, 0.717) is 5.82 Å². The fraction of sp³-hybridized carbons (Fsp3) is 0.150. The van der Waals surface area contributed by atoms with Crippen molar-refractivity contribution in [2.24, 2.45) is 0 Å². The fourth-order valence-electron chi connectivity index (χ4n) is 3.19. The number of amides is 1. The van der Waals surface area contributed by atoms with Crippen molar-refractivity contribution in [3.63, 3.8) is 0 Å². The van der Waals surface area contributed by atoms with Gasteiger partial charge in [-0.25, -0.2) is 9.97 Å². The Labute approximate surface area is 184 Å². The molecule has 1 amide bonds. The Bertz CT molecular complexity index is 1280. The van der Waals surface area contributed by atoms with E-state index in [4.69, 9.17) is 23.2 Å². The van der Waals surface area contributed by atoms with Gasteiger partial charge in [0.25, 0.3) is 5.91 Å². The van der Waals surface area contributed by atoms with E-state index in [0.717, 1.165) is 4.57 Å². The molecular formula is C20H14Cl2F3N5O. The summed E-state index contributed by atoms with van der Waals surface area (Å²) in [5, 5.41) is 2.96. The molecule has 4 rings (SSSR count). The Hall–Kier alpha value is -3.04. The van der Waals surface area contributed by atoms with Crippen molar-refractivity contribution in [1.29, 1.82) is 0 Å². The van der Waals surface area contributed by atoms with Gasteiger partial charge in [-0.1, -0.05) is 35.3 Å². The molecule has 0 unspecified atom stereocenters. The second-order valence-corrected chi connectivity index (χ2v) is 7.49. The van der Waals surface area contributed by atoms with Gasteiger partial charge in [-0.15, -0.1) is 0 Å². The highest BCUT2D eigenvalue weighted by Gasteiger charge is 2.38. The number of aryl methyl sites for hydroxylation is 1. The lowest BCUT2D eigenvalue weighted by molar-refractivity contribution is -0.147. The second kappa shape index (κ2) is 7.90. The minimum atomic E-state index is -4.73. The molecule has 6 nitrogen and oxygen atoms in total. The molecule has 2 heterocycles. The molecule has 0 spiro atoms. The largest absolute Gasteiger partial charge is 0.449 e. The number of imidazole rings is 2. The van der Waals surface area contributed by atoms with Crippen LogP contribution in [0.4, 0.5) is 18.9 Å². The molecular weight excluding hydrogens is 454 g/mol. The number of para-hydroxylation sites is 2. The third kappa shape index (κ3) is 3.98. The standard InChI is InChI=1S/C20H14Cl2F3N5O/c1-11-26-8-9-29(11)10-30-15-7-2-4-12(16(15)28-19(30)20(23,24)25)18(31)27-17-13(21)5-3-6-14(17)22/h2-9H,10H2,1H3,(H,27,31). The number of nitrogens with zero attached hydrogens (tertiary/aromatic N) is 4. The average molecular weight is 468 g/mol. The minimum absolute atomic E-state index is 0.0416. The molecule has 31 heavy (non-hydrogen) atoms. The number of halogens is 5. The Morgan fingerprint density at radius 2 is 1.81 bits per heavy atom. The van der Waals surface area contributed by atoms with Crippen LogP contribution in [-0.2, 0) is 12.8 Å². The van der Waals surface area contributed by atoms with E-state index < -0.39 is 17.9 Å². The first-order valence-electron chi connectivity index (χ1n) is 8.96. The summed E-state index contributed by atoms with van der Waals surface area (Å²) >= 11 is 12.2. The van der Waals surface area contributed by atoms with E-state index >= 15 is 0 Å². The maximum absolute atomic E-state index is 13.8. The molecule has 1 N–H and O–H groups in total. The lowest BCUT2D eigenvalue weighted by Gasteiger charge is -2.13. The molecule has 2 aromatic heterocycles. The van der Waals surface area contributed by atoms with Crippen LogP contribution in [0.25, 0.3) is 11.0 Å². The molecule has 0 saturated carbocycles. The van der Waals surface area contributed by atoms with Crippen molar-refractivity contribution in [1.82, 2.24) is 19.1 Å². The van der Waals surface area contributed by atoms with Crippen LogP contribution in [0.3, 0.4) is 0 Å². The van der Waals surface area contributed by atoms with Crippen molar-refractivity contribution in [2.45, 2.75) is 19.8 Å². The third-order valence-corrected chi connectivity index (χ3v) is 5.33. The molecule has 160 valence electrons. The molecule has 0 aliphatic rings. The summed E-state index contributed by atoms with van der Waals surface area (Å²) in [6.07, 6.45) is -1.67. The number of anilines is 1. The molecule has 2 aromatic carbocycles. The van der Waals surface area contributed by atoms with Crippen molar-refractivity contribution in [3.8, 4) is 0 Å². The number of nitrogens with one attached hydrogen (secondary N) is 1. The van der Waals surface area contributed by atoms with Gasteiger partial charge in [0, 0.05) is 12.4 Å². The van der Waals surface area contributed by atoms with Crippen LogP contribution < -0.4 is 5.32 Å². The number of aromatic nitrogens is 4. The van der Waals surface area contributed by atoms with Gasteiger partial charge in [-0.05, 0) is 31.2 Å². The van der Waals surface area contributed by atoms with E-state index in [1.165, 1.54) is 36.5 Å². The lowest BCUT2D eigenvalue weighted by atomic mass is 10.1. The van der Waals surface area contributed by atoms with Gasteiger partial charge in [0.15, 0.2) is 0 Å². The van der Waals surface area contributed by atoms with Gasteiger partial charge < -0.3 is 14.5 Å². The fourth-order valence-corrected chi connectivity index (χ4v) is 3.69. The molecule has 0 aliphatic carbocycles. The number of fused-ring (bicyclic) bond motifs is 1. The molecule has 0 bridgehead atoms. The van der Waals surface area contributed by atoms with Crippen LogP contribution in [0.5, 0.6) is 0 Å². The van der Waals surface area contributed by atoms with Gasteiger partial charge in [0.2, 0.25) is 5.82 Å². The van der Waals surface area contributed by atoms with E-state index in [1.54, 1.807) is 23.8 Å². The summed E-state index contributed by atoms with van der Waals surface area (Å²) in [7, 11) is 0. The highest BCUT2D eigenvalue weighted by atomic mass is 35.5. The number of carbonyl (C=O) groups excluding carboxylic acids is 1. The Morgan fingerprint density at radius 1 is 1.13 bits per heavy atom. The molecule has 0 radical (unpaired) electrons. The Balaban J connectivity index is 1.83. The molecule has 0 aliphatic heterocycles. The number of hydrogen-bond donors (Lipinski definition) is 1. The van der Waals surface area contributed by atoms with Crippen molar-refractivity contribution < 1.29 is 18.0 Å². The van der Waals surface area contributed by atoms with E-state index in [1.807, 2.05) is 0 Å². The molecule has 11 heteroatoms. The zero-order valence-electron chi connectivity index (χ0n) is 15.9. The van der Waals surface area contributed by atoms with Gasteiger partial charge in [0.05, 0.1) is 26.8 Å². The van der Waals surface area contributed by atoms with Crippen molar-refractivity contribution in [3.05, 3.63) is 76.0 Å². The monoisotopic (exact) mass is 467 g/mol. The summed E-state index contributed by atoms with van der Waals surface area (Å²) in [6.45, 7) is 1.51. The van der Waals surface area contributed by atoms with Crippen LogP contribution in [0.15, 0.2) is 48.8 Å². The molecule has 4 aromatic rings. The maximum Gasteiger partial charge on any atom is 0.449 e. The van der Waals surface area contributed by atoms with Crippen LogP contribution >= 0.6 is 23.2 Å². The predicted molar refractivity (Wildman–Crippen MR) is 112 cm³/mol. The zero-order valence-corrected chi connectivity index (χ0v) is 17.4. The molecule has 0 fully saturated rings. The number of hydrogen-bond acceptors (Lipinski definition) is 3. The number of rotatable bonds is 4. The first kappa shape index (κ1) is 21.2. The smallest absolute Gasteiger partial charge is 0.319 e. The first-order valence-corrected chi connectivity index (χ1v) is 9.72. The second-order valence-electron chi connectivity index (χ2n) is 6.67. The normalized spacial score (nSPS) is 11.8. The predicted octanol–water partition coefficient (Wildman–Crippen LogP) is 5.62. The highest BCUT2D eigenvalue weighted by molar-refractivity contribution is 6.40. The van der Waals surface area contributed by atoms with E-state index in [9.17, 15) is 18.0 Å². The van der Waals surface area contributed by atoms with E-state index in [2.05, 4.69) is 15.3 Å². The van der Waals surface area contributed by atoms with Crippen LogP contribution in [-0.4, -0.2) is 25.0 Å². The summed E-state index contributed by atoms with van der Waals surface area (Å²) in [6, 6.07) is 9.04. The number of benzene rings is 2. The quantitative estimate of drug-likeness (QED) is 0.423. The van der Waals surface area contributed by atoms with E-state index in [-0.39, 0.29) is 39.0 Å². The Morgan fingerprint density at radius 3 is 2.42 bits per heavy atom. The minimum Gasteiger partial charge on any atom is -0.319 e. The van der Waals surface area contributed by atoms with Gasteiger partial charge in [-0.3, -0.25) is 4.79 Å².